The fraction of sp³-hybridized carbons (Fsp3) is 0.400. The summed E-state index contributed by atoms with van der Waals surface area (Å²) in [5.41, 5.74) is 0. The van der Waals surface area contributed by atoms with Crippen LogP contribution in [-0.4, -0.2) is 40.5 Å². The molecular formula is C10H14F2N2O2S. The summed E-state index contributed by atoms with van der Waals surface area (Å²) in [4.78, 5) is 1.10. The summed E-state index contributed by atoms with van der Waals surface area (Å²) in [6.07, 6.45) is 0. The van der Waals surface area contributed by atoms with E-state index in [0.717, 1.165) is 12.1 Å². The highest BCUT2D eigenvalue weighted by atomic mass is 32.2. The summed E-state index contributed by atoms with van der Waals surface area (Å²) in [5, 5.41) is 0. The van der Waals surface area contributed by atoms with Gasteiger partial charge in [-0.25, -0.2) is 21.9 Å². The molecule has 96 valence electrons. The fourth-order valence-corrected chi connectivity index (χ4v) is 2.27. The van der Waals surface area contributed by atoms with E-state index in [1.165, 1.54) is 0 Å². The van der Waals surface area contributed by atoms with Crippen LogP contribution in [0.5, 0.6) is 0 Å². The molecule has 0 aliphatic heterocycles. The zero-order valence-corrected chi connectivity index (χ0v) is 10.4. The van der Waals surface area contributed by atoms with Gasteiger partial charge in [-0.1, -0.05) is 0 Å². The van der Waals surface area contributed by atoms with Crippen molar-refractivity contribution in [2.24, 2.45) is 0 Å². The van der Waals surface area contributed by atoms with Gasteiger partial charge < -0.3 is 4.90 Å². The molecule has 0 radical (unpaired) electrons. The predicted octanol–water partition coefficient (Wildman–Crippen LogP) is 0.805. The normalized spacial score (nSPS) is 12.1. The Hall–Kier alpha value is -1.05. The van der Waals surface area contributed by atoms with Gasteiger partial charge in [0.2, 0.25) is 10.0 Å². The van der Waals surface area contributed by atoms with Crippen LogP contribution in [0.4, 0.5) is 8.78 Å². The molecule has 1 aromatic rings. The molecule has 0 aliphatic carbocycles. The lowest BCUT2D eigenvalue weighted by molar-refractivity contribution is 0.412. The molecule has 7 heteroatoms. The number of likely N-dealkylation sites (N-methyl/N-ethyl adjacent to an activating group) is 1. The van der Waals surface area contributed by atoms with Crippen LogP contribution in [0, 0.1) is 11.6 Å². The molecule has 1 rings (SSSR count). The Kier molecular flexibility index (Phi) is 4.55. The van der Waals surface area contributed by atoms with Gasteiger partial charge in [0.25, 0.3) is 0 Å². The van der Waals surface area contributed by atoms with Gasteiger partial charge in [0.1, 0.15) is 16.5 Å². The first-order valence-corrected chi connectivity index (χ1v) is 6.40. The van der Waals surface area contributed by atoms with Gasteiger partial charge in [0.05, 0.1) is 0 Å². The number of nitrogens with zero attached hydrogens (tertiary/aromatic N) is 1. The SMILES string of the molecule is CN(C)CCNS(=O)(=O)c1cc(F)ccc1F. The van der Waals surface area contributed by atoms with Crippen LogP contribution in [0.1, 0.15) is 0 Å². The Morgan fingerprint density at radius 2 is 1.94 bits per heavy atom. The summed E-state index contributed by atoms with van der Waals surface area (Å²) in [6, 6.07) is 2.32. The molecule has 0 aliphatic rings. The molecule has 0 fully saturated rings. The highest BCUT2D eigenvalue weighted by molar-refractivity contribution is 7.89. The number of halogens is 2. The van der Waals surface area contributed by atoms with Crippen molar-refractivity contribution in [1.82, 2.24) is 9.62 Å². The highest BCUT2D eigenvalue weighted by Crippen LogP contribution is 2.15. The van der Waals surface area contributed by atoms with Crippen molar-refractivity contribution in [3.8, 4) is 0 Å². The minimum atomic E-state index is -4.00. The van der Waals surface area contributed by atoms with E-state index in [1.54, 1.807) is 19.0 Å². The minimum Gasteiger partial charge on any atom is -0.308 e. The second-order valence-corrected chi connectivity index (χ2v) is 5.51. The van der Waals surface area contributed by atoms with Crippen LogP contribution in [-0.2, 0) is 10.0 Å². The average molecular weight is 264 g/mol. The van der Waals surface area contributed by atoms with E-state index in [2.05, 4.69) is 4.72 Å². The van der Waals surface area contributed by atoms with E-state index in [1.807, 2.05) is 0 Å². The van der Waals surface area contributed by atoms with E-state index in [9.17, 15) is 17.2 Å². The molecule has 0 heterocycles. The molecule has 0 saturated carbocycles. The van der Waals surface area contributed by atoms with Crippen molar-refractivity contribution in [2.75, 3.05) is 27.2 Å². The Balaban J connectivity index is 2.86. The molecule has 1 aromatic carbocycles. The van der Waals surface area contributed by atoms with Crippen LogP contribution in [0.2, 0.25) is 0 Å². The molecule has 17 heavy (non-hydrogen) atoms. The first-order valence-electron chi connectivity index (χ1n) is 4.92. The van der Waals surface area contributed by atoms with Crippen molar-refractivity contribution in [2.45, 2.75) is 4.90 Å². The summed E-state index contributed by atoms with van der Waals surface area (Å²) in [6.45, 7) is 0.599. The van der Waals surface area contributed by atoms with Gasteiger partial charge in [0.15, 0.2) is 0 Å². The first kappa shape index (κ1) is 14.0. The van der Waals surface area contributed by atoms with Crippen LogP contribution in [0.15, 0.2) is 23.1 Å². The standard InChI is InChI=1S/C10H14F2N2O2S/c1-14(2)6-5-13-17(15,16)10-7-8(11)3-4-9(10)12/h3-4,7,13H,5-6H2,1-2H3. The molecule has 0 unspecified atom stereocenters. The van der Waals surface area contributed by atoms with E-state index in [-0.39, 0.29) is 6.54 Å². The Morgan fingerprint density at radius 3 is 2.53 bits per heavy atom. The molecular weight excluding hydrogens is 250 g/mol. The van der Waals surface area contributed by atoms with Gasteiger partial charge in [-0.3, -0.25) is 0 Å². The van der Waals surface area contributed by atoms with Crippen molar-refractivity contribution in [3.05, 3.63) is 29.8 Å². The molecule has 0 spiro atoms. The number of nitrogens with one attached hydrogen (secondary N) is 1. The number of hydrogen-bond acceptors (Lipinski definition) is 3. The van der Waals surface area contributed by atoms with Gasteiger partial charge in [0, 0.05) is 13.1 Å². The third-order valence-electron chi connectivity index (χ3n) is 2.03. The average Bonchev–Trinajstić information content (AvgIpc) is 2.20. The summed E-state index contributed by atoms with van der Waals surface area (Å²) >= 11 is 0. The lowest BCUT2D eigenvalue weighted by atomic mass is 10.3. The third-order valence-corrected chi connectivity index (χ3v) is 3.51. The van der Waals surface area contributed by atoms with Gasteiger partial charge >= 0.3 is 0 Å². The first-order chi connectivity index (χ1) is 7.83. The molecule has 1 N–H and O–H groups in total. The minimum absolute atomic E-state index is 0.130. The van der Waals surface area contributed by atoms with Gasteiger partial charge in [-0.05, 0) is 32.3 Å². The topological polar surface area (TPSA) is 49.4 Å². The van der Waals surface area contributed by atoms with E-state index in [4.69, 9.17) is 0 Å². The number of benzene rings is 1. The number of rotatable bonds is 5. The van der Waals surface area contributed by atoms with Gasteiger partial charge in [-0.2, -0.15) is 0 Å². The zero-order chi connectivity index (χ0) is 13.1. The summed E-state index contributed by atoms with van der Waals surface area (Å²) in [5.74, 6) is -1.76. The van der Waals surface area contributed by atoms with Crippen molar-refractivity contribution in [3.63, 3.8) is 0 Å². The number of hydrogen-bond donors (Lipinski definition) is 1. The van der Waals surface area contributed by atoms with Crippen molar-refractivity contribution >= 4 is 10.0 Å². The van der Waals surface area contributed by atoms with Crippen LogP contribution < -0.4 is 4.72 Å². The molecule has 0 amide bonds. The summed E-state index contributed by atoms with van der Waals surface area (Å²) in [7, 11) is -0.451. The van der Waals surface area contributed by atoms with Crippen LogP contribution >= 0.6 is 0 Å². The quantitative estimate of drug-likeness (QED) is 0.856. The third kappa shape index (κ3) is 4.03. The molecule has 0 aromatic heterocycles. The second-order valence-electron chi connectivity index (χ2n) is 3.78. The van der Waals surface area contributed by atoms with Crippen molar-refractivity contribution in [1.29, 1.82) is 0 Å². The van der Waals surface area contributed by atoms with E-state index >= 15 is 0 Å². The second kappa shape index (κ2) is 5.52. The Labute approximate surface area is 99.3 Å². The predicted molar refractivity (Wildman–Crippen MR) is 60.1 cm³/mol. The summed E-state index contributed by atoms with van der Waals surface area (Å²) < 4.78 is 51.6. The molecule has 4 nitrogen and oxygen atoms in total. The maximum atomic E-state index is 13.3. The Morgan fingerprint density at radius 1 is 1.29 bits per heavy atom. The highest BCUT2D eigenvalue weighted by Gasteiger charge is 2.19. The van der Waals surface area contributed by atoms with Gasteiger partial charge in [-0.15, -0.1) is 0 Å². The maximum Gasteiger partial charge on any atom is 0.243 e. The van der Waals surface area contributed by atoms with Crippen LogP contribution in [0.25, 0.3) is 0 Å². The lowest BCUT2D eigenvalue weighted by Crippen LogP contribution is -2.31. The zero-order valence-electron chi connectivity index (χ0n) is 9.57. The van der Waals surface area contributed by atoms with E-state index in [0.29, 0.717) is 12.6 Å². The van der Waals surface area contributed by atoms with Crippen molar-refractivity contribution < 1.29 is 17.2 Å². The lowest BCUT2D eigenvalue weighted by Gasteiger charge is -2.11. The van der Waals surface area contributed by atoms with Crippen LogP contribution in [0.3, 0.4) is 0 Å². The van der Waals surface area contributed by atoms with E-state index < -0.39 is 26.6 Å². The monoisotopic (exact) mass is 264 g/mol. The molecule has 0 bridgehead atoms. The molecule has 0 saturated heterocycles. The largest absolute Gasteiger partial charge is 0.308 e. The maximum absolute atomic E-state index is 13.3. The smallest absolute Gasteiger partial charge is 0.243 e. The molecule has 0 atom stereocenters. The Bertz CT molecular complexity index is 489. The number of sulfonamides is 1. The fourth-order valence-electron chi connectivity index (χ4n) is 1.16.